The van der Waals surface area contributed by atoms with E-state index in [1.54, 1.807) is 0 Å². The lowest BCUT2D eigenvalue weighted by molar-refractivity contribution is -0.134. The Labute approximate surface area is 126 Å². The Balaban J connectivity index is 1.91. The number of hydrogen-bond donors (Lipinski definition) is 1. The molecule has 0 bridgehead atoms. The van der Waals surface area contributed by atoms with Gasteiger partial charge in [-0.3, -0.25) is 9.48 Å². The molecule has 22 heavy (non-hydrogen) atoms. The molecule has 1 amide bonds. The molecule has 0 atom stereocenters. The van der Waals surface area contributed by atoms with Gasteiger partial charge in [0.25, 0.3) is 6.43 Å². The molecule has 8 heteroatoms. The fourth-order valence-electron chi connectivity index (χ4n) is 1.98. The minimum Gasteiger partial charge on any atom is -0.466 e. The van der Waals surface area contributed by atoms with Crippen LogP contribution in [0.4, 0.5) is 8.78 Å². The highest BCUT2D eigenvalue weighted by Crippen LogP contribution is 2.41. The molecule has 0 saturated heterocycles. The molecule has 1 heterocycles. The molecule has 0 unspecified atom stereocenters. The van der Waals surface area contributed by atoms with Crippen LogP contribution in [0.5, 0.6) is 0 Å². The summed E-state index contributed by atoms with van der Waals surface area (Å²) >= 11 is 0. The lowest BCUT2D eigenvalue weighted by Gasteiger charge is -2.06. The van der Waals surface area contributed by atoms with E-state index in [1.165, 1.54) is 30.0 Å². The van der Waals surface area contributed by atoms with Gasteiger partial charge in [0.05, 0.1) is 7.11 Å². The fourth-order valence-corrected chi connectivity index (χ4v) is 1.98. The van der Waals surface area contributed by atoms with E-state index in [0.29, 0.717) is 5.69 Å². The maximum Gasteiger partial charge on any atom is 0.330 e. The topological polar surface area (TPSA) is 73.2 Å². The first-order chi connectivity index (χ1) is 10.5. The molecule has 1 aliphatic rings. The van der Waals surface area contributed by atoms with Crippen LogP contribution in [0, 0.1) is 0 Å². The van der Waals surface area contributed by atoms with Gasteiger partial charge in [-0.1, -0.05) is 6.08 Å². The molecule has 0 aliphatic heterocycles. The molecular weight excluding hydrogens is 296 g/mol. The number of alkyl halides is 2. The molecule has 120 valence electrons. The van der Waals surface area contributed by atoms with Crippen LogP contribution < -0.4 is 5.32 Å². The summed E-state index contributed by atoms with van der Waals surface area (Å²) in [7, 11) is 1.25. The Kier molecular flexibility index (Phi) is 5.24. The van der Waals surface area contributed by atoms with Crippen LogP contribution in [0.2, 0.25) is 0 Å². The Morgan fingerprint density at radius 2 is 2.27 bits per heavy atom. The van der Waals surface area contributed by atoms with Crippen molar-refractivity contribution in [3.8, 4) is 0 Å². The number of esters is 1. The molecule has 0 radical (unpaired) electrons. The van der Waals surface area contributed by atoms with Gasteiger partial charge in [-0.05, 0) is 18.9 Å². The van der Waals surface area contributed by atoms with Crippen molar-refractivity contribution in [3.63, 3.8) is 0 Å². The van der Waals surface area contributed by atoms with Crippen LogP contribution in [-0.2, 0) is 20.9 Å². The maximum absolute atomic E-state index is 12.7. The number of rotatable bonds is 7. The second kappa shape index (κ2) is 7.15. The van der Waals surface area contributed by atoms with Gasteiger partial charge in [0, 0.05) is 24.2 Å². The van der Waals surface area contributed by atoms with Crippen LogP contribution in [0.1, 0.15) is 36.6 Å². The normalized spacial score (nSPS) is 14.5. The van der Waals surface area contributed by atoms with Gasteiger partial charge in [-0.15, -0.1) is 0 Å². The van der Waals surface area contributed by atoms with Crippen molar-refractivity contribution in [2.45, 2.75) is 31.7 Å². The third-order valence-corrected chi connectivity index (χ3v) is 3.21. The zero-order valence-electron chi connectivity index (χ0n) is 12.1. The fraction of sp³-hybridized carbons (Fsp3) is 0.500. The van der Waals surface area contributed by atoms with Crippen LogP contribution in [0.15, 0.2) is 18.2 Å². The number of methoxy groups -OCH3 is 1. The van der Waals surface area contributed by atoms with Crippen LogP contribution in [-0.4, -0.2) is 35.3 Å². The second-order valence-electron chi connectivity index (χ2n) is 4.96. The number of aromatic nitrogens is 2. The molecule has 0 spiro atoms. The van der Waals surface area contributed by atoms with Crippen molar-refractivity contribution >= 4 is 11.9 Å². The van der Waals surface area contributed by atoms with E-state index in [1.807, 2.05) is 0 Å². The molecule has 1 saturated carbocycles. The Hall–Kier alpha value is -2.25. The molecule has 2 rings (SSSR count). The highest BCUT2D eigenvalue weighted by atomic mass is 19.3. The van der Waals surface area contributed by atoms with Gasteiger partial charge in [-0.25, -0.2) is 13.6 Å². The number of hydrogen-bond acceptors (Lipinski definition) is 4. The molecule has 1 N–H and O–H groups in total. The van der Waals surface area contributed by atoms with Gasteiger partial charge in [0.15, 0.2) is 0 Å². The first-order valence-corrected chi connectivity index (χ1v) is 6.88. The van der Waals surface area contributed by atoms with Gasteiger partial charge >= 0.3 is 5.97 Å². The van der Waals surface area contributed by atoms with E-state index in [4.69, 9.17) is 0 Å². The summed E-state index contributed by atoms with van der Waals surface area (Å²) < 4.78 is 31.2. The number of ether oxygens (including phenoxy) is 1. The average Bonchev–Trinajstić information content (AvgIpc) is 3.24. The largest absolute Gasteiger partial charge is 0.466 e. The first kappa shape index (κ1) is 16.1. The SMILES string of the molecule is COC(=O)/C=C/CNC(=O)Cn1nc(C(F)F)cc1C1CC1. The third kappa shape index (κ3) is 4.37. The number of amides is 1. The zero-order valence-corrected chi connectivity index (χ0v) is 12.1. The lowest BCUT2D eigenvalue weighted by Crippen LogP contribution is -2.28. The van der Waals surface area contributed by atoms with Crippen LogP contribution in [0.3, 0.4) is 0 Å². The van der Waals surface area contributed by atoms with E-state index < -0.39 is 12.4 Å². The van der Waals surface area contributed by atoms with Gasteiger partial charge in [0.1, 0.15) is 12.2 Å². The average molecular weight is 313 g/mol. The minimum atomic E-state index is -2.65. The summed E-state index contributed by atoms with van der Waals surface area (Å²) in [6, 6.07) is 1.37. The third-order valence-electron chi connectivity index (χ3n) is 3.21. The highest BCUT2D eigenvalue weighted by Gasteiger charge is 2.30. The van der Waals surface area contributed by atoms with Crippen molar-refractivity contribution in [2.24, 2.45) is 0 Å². The molecule has 1 aromatic heterocycles. The van der Waals surface area contributed by atoms with E-state index in [2.05, 4.69) is 15.2 Å². The zero-order chi connectivity index (χ0) is 16.1. The van der Waals surface area contributed by atoms with Gasteiger partial charge in [0.2, 0.25) is 5.91 Å². The van der Waals surface area contributed by atoms with Crippen LogP contribution >= 0.6 is 0 Å². The van der Waals surface area contributed by atoms with Crippen molar-refractivity contribution in [3.05, 3.63) is 29.6 Å². The Bertz CT molecular complexity index is 580. The summed E-state index contributed by atoms with van der Waals surface area (Å²) in [4.78, 5) is 22.6. The lowest BCUT2D eigenvalue weighted by atomic mass is 10.2. The number of halogens is 2. The molecular formula is C14H17F2N3O3. The predicted octanol–water partition coefficient (Wildman–Crippen LogP) is 1.54. The van der Waals surface area contributed by atoms with Crippen molar-refractivity contribution in [2.75, 3.05) is 13.7 Å². The second-order valence-corrected chi connectivity index (χ2v) is 4.96. The van der Waals surface area contributed by atoms with Gasteiger partial charge in [-0.2, -0.15) is 5.10 Å². The molecule has 1 aromatic rings. The number of carbonyl (C=O) groups excluding carboxylic acids is 2. The quantitative estimate of drug-likeness (QED) is 0.612. The minimum absolute atomic E-state index is 0.120. The standard InChI is InChI=1S/C14H17F2N3O3/c1-22-13(21)3-2-6-17-12(20)8-19-11(9-4-5-9)7-10(18-19)14(15)16/h2-3,7,9,14H,4-6,8H2,1H3,(H,17,20)/b3-2+. The van der Waals surface area contributed by atoms with E-state index in [-0.39, 0.29) is 30.6 Å². The number of carbonyl (C=O) groups is 2. The Morgan fingerprint density at radius 1 is 1.55 bits per heavy atom. The smallest absolute Gasteiger partial charge is 0.330 e. The molecule has 1 aliphatic carbocycles. The summed E-state index contributed by atoms with van der Waals surface area (Å²) in [5.41, 5.74) is 0.371. The van der Waals surface area contributed by atoms with Gasteiger partial charge < -0.3 is 10.1 Å². The molecule has 6 nitrogen and oxygen atoms in total. The van der Waals surface area contributed by atoms with E-state index >= 15 is 0 Å². The van der Waals surface area contributed by atoms with E-state index in [0.717, 1.165) is 12.8 Å². The molecule has 0 aromatic carbocycles. The highest BCUT2D eigenvalue weighted by molar-refractivity contribution is 5.82. The summed E-state index contributed by atoms with van der Waals surface area (Å²) in [6.07, 6.45) is 1.85. The predicted molar refractivity (Wildman–Crippen MR) is 73.3 cm³/mol. The summed E-state index contributed by atoms with van der Waals surface area (Å²) in [5, 5.41) is 6.35. The monoisotopic (exact) mass is 313 g/mol. The van der Waals surface area contributed by atoms with Crippen LogP contribution in [0.25, 0.3) is 0 Å². The van der Waals surface area contributed by atoms with Crippen molar-refractivity contribution in [1.29, 1.82) is 0 Å². The number of nitrogens with one attached hydrogen (secondary N) is 1. The van der Waals surface area contributed by atoms with E-state index in [9.17, 15) is 18.4 Å². The molecule has 1 fully saturated rings. The summed E-state index contributed by atoms with van der Waals surface area (Å²) in [6.45, 7) is 0.0281. The first-order valence-electron chi connectivity index (χ1n) is 6.88. The van der Waals surface area contributed by atoms with Crippen molar-refractivity contribution in [1.82, 2.24) is 15.1 Å². The summed E-state index contributed by atoms with van der Waals surface area (Å²) in [5.74, 6) is -0.661. The number of nitrogens with zero attached hydrogens (tertiary/aromatic N) is 2. The maximum atomic E-state index is 12.7. The Morgan fingerprint density at radius 3 is 2.86 bits per heavy atom. The van der Waals surface area contributed by atoms with Crippen molar-refractivity contribution < 1.29 is 23.1 Å².